The maximum atomic E-state index is 12.6. The van der Waals surface area contributed by atoms with E-state index in [1.807, 2.05) is 25.1 Å². The molecule has 0 bridgehead atoms. The molecule has 3 aromatic rings. The van der Waals surface area contributed by atoms with E-state index >= 15 is 0 Å². The number of hydrogen-bond acceptors (Lipinski definition) is 9. The molecule has 10 nitrogen and oxygen atoms in total. The highest BCUT2D eigenvalue weighted by Crippen LogP contribution is 2.31. The van der Waals surface area contributed by atoms with Gasteiger partial charge in [-0.2, -0.15) is 17.9 Å². The average Bonchev–Trinajstić information content (AvgIpc) is 2.96. The van der Waals surface area contributed by atoms with Gasteiger partial charge in [0.05, 0.1) is 17.6 Å². The van der Waals surface area contributed by atoms with Crippen molar-refractivity contribution in [3.63, 3.8) is 0 Å². The summed E-state index contributed by atoms with van der Waals surface area (Å²) < 4.78 is 0. The molecule has 2 amide bonds. The van der Waals surface area contributed by atoms with E-state index in [2.05, 4.69) is 31.6 Å². The van der Waals surface area contributed by atoms with Gasteiger partial charge in [0, 0.05) is 43.4 Å². The second-order valence-electron chi connectivity index (χ2n) is 9.86. The van der Waals surface area contributed by atoms with Crippen LogP contribution in [0, 0.1) is 11.3 Å². The lowest BCUT2D eigenvalue weighted by Crippen LogP contribution is -2.48. The molecule has 1 aromatic carbocycles. The first-order chi connectivity index (χ1) is 19.2. The number of nitriles is 1. The highest BCUT2D eigenvalue weighted by Gasteiger charge is 2.21. The number of benzene rings is 1. The van der Waals surface area contributed by atoms with Crippen LogP contribution in [-0.2, 0) is 16.0 Å². The van der Waals surface area contributed by atoms with Crippen molar-refractivity contribution < 1.29 is 9.59 Å². The number of nitrogens with one attached hydrogen (secondary N) is 2. The zero-order valence-corrected chi connectivity index (χ0v) is 23.6. The van der Waals surface area contributed by atoms with Crippen LogP contribution in [0.25, 0.3) is 11.3 Å². The minimum Gasteiger partial charge on any atom is -0.382 e. The molecular formula is C29H34N8O2S. The summed E-state index contributed by atoms with van der Waals surface area (Å²) in [6, 6.07) is 14.6. The van der Waals surface area contributed by atoms with Crippen molar-refractivity contribution in [1.82, 2.24) is 25.2 Å². The lowest BCUT2D eigenvalue weighted by Gasteiger charge is -2.32. The SMILES string of the molecule is CC(=O)Nc1ccc(-c2nc(C(S)c3cccc(CCC(=O)NC(C)N4CCCCC4)n3)nc(N)c2C#N)cc1. The molecule has 1 fully saturated rings. The number of thiol groups is 1. The maximum absolute atomic E-state index is 12.6. The predicted octanol–water partition coefficient (Wildman–Crippen LogP) is 3.85. The summed E-state index contributed by atoms with van der Waals surface area (Å²) in [5, 5.41) is 14.9. The Morgan fingerprint density at radius 3 is 2.50 bits per heavy atom. The number of pyridine rings is 1. The van der Waals surface area contributed by atoms with Crippen molar-refractivity contribution in [2.24, 2.45) is 0 Å². The number of rotatable bonds is 9. The molecule has 1 saturated heterocycles. The number of nitrogens with zero attached hydrogens (tertiary/aromatic N) is 5. The van der Waals surface area contributed by atoms with E-state index in [4.69, 9.17) is 23.3 Å². The predicted molar refractivity (Wildman–Crippen MR) is 157 cm³/mol. The fourth-order valence-electron chi connectivity index (χ4n) is 4.72. The minimum absolute atomic E-state index is 0.00920. The second-order valence-corrected chi connectivity index (χ2v) is 10.4. The third kappa shape index (κ3) is 7.34. The second kappa shape index (κ2) is 13.4. The van der Waals surface area contributed by atoms with Gasteiger partial charge in [-0.05, 0) is 50.5 Å². The molecule has 2 atom stereocenters. The molecule has 40 heavy (non-hydrogen) atoms. The summed E-state index contributed by atoms with van der Waals surface area (Å²) in [4.78, 5) is 39.9. The molecule has 2 aromatic heterocycles. The number of piperidine rings is 1. The molecule has 0 spiro atoms. The zero-order chi connectivity index (χ0) is 28.6. The molecule has 3 heterocycles. The first-order valence-corrected chi connectivity index (χ1v) is 13.9. The number of nitrogens with two attached hydrogens (primary N) is 1. The summed E-state index contributed by atoms with van der Waals surface area (Å²) in [6.45, 7) is 5.49. The largest absolute Gasteiger partial charge is 0.382 e. The van der Waals surface area contributed by atoms with Gasteiger partial charge in [-0.3, -0.25) is 19.5 Å². The first kappa shape index (κ1) is 29.0. The van der Waals surface area contributed by atoms with E-state index < -0.39 is 5.25 Å². The monoisotopic (exact) mass is 558 g/mol. The number of carbonyl (C=O) groups is 2. The topological polar surface area (TPSA) is 150 Å². The van der Waals surface area contributed by atoms with Crippen molar-refractivity contribution in [3.05, 3.63) is 65.2 Å². The Labute approximate surface area is 239 Å². The Kier molecular flexibility index (Phi) is 9.69. The lowest BCUT2D eigenvalue weighted by atomic mass is 10.1. The Hall–Kier alpha value is -4.01. The van der Waals surface area contributed by atoms with Crippen LogP contribution in [0.3, 0.4) is 0 Å². The Bertz CT molecular complexity index is 1400. The van der Waals surface area contributed by atoms with Crippen molar-refractivity contribution in [3.8, 4) is 17.3 Å². The molecule has 4 N–H and O–H groups in total. The van der Waals surface area contributed by atoms with E-state index in [9.17, 15) is 14.9 Å². The van der Waals surface area contributed by atoms with Crippen molar-refractivity contribution >= 4 is 35.9 Å². The third-order valence-corrected chi connectivity index (χ3v) is 7.31. The van der Waals surface area contributed by atoms with E-state index in [1.54, 1.807) is 24.3 Å². The van der Waals surface area contributed by atoms with Crippen molar-refractivity contribution in [2.75, 3.05) is 24.1 Å². The molecule has 2 unspecified atom stereocenters. The number of hydrogen-bond donors (Lipinski definition) is 4. The highest BCUT2D eigenvalue weighted by molar-refractivity contribution is 7.80. The molecule has 208 valence electrons. The van der Waals surface area contributed by atoms with Gasteiger partial charge in [0.15, 0.2) is 0 Å². The van der Waals surface area contributed by atoms with Crippen LogP contribution in [0.1, 0.15) is 67.6 Å². The summed E-state index contributed by atoms with van der Waals surface area (Å²) in [5.74, 6) is 0.158. The van der Waals surface area contributed by atoms with Gasteiger partial charge in [-0.15, -0.1) is 0 Å². The number of anilines is 2. The number of nitrogen functional groups attached to an aromatic ring is 1. The minimum atomic E-state index is -0.611. The normalized spacial score (nSPS) is 15.1. The van der Waals surface area contributed by atoms with Gasteiger partial charge in [0.1, 0.15) is 28.5 Å². The van der Waals surface area contributed by atoms with Crippen molar-refractivity contribution in [1.29, 1.82) is 5.26 Å². The van der Waals surface area contributed by atoms with Gasteiger partial charge in [0.25, 0.3) is 0 Å². The van der Waals surface area contributed by atoms with E-state index in [0.29, 0.717) is 41.3 Å². The van der Waals surface area contributed by atoms with Gasteiger partial charge in [0.2, 0.25) is 11.8 Å². The molecular weight excluding hydrogens is 524 g/mol. The Balaban J connectivity index is 1.48. The summed E-state index contributed by atoms with van der Waals surface area (Å²) in [5.41, 5.74) is 9.32. The summed E-state index contributed by atoms with van der Waals surface area (Å²) in [6.07, 6.45) is 4.41. The quantitative estimate of drug-likeness (QED) is 0.289. The molecule has 4 rings (SSSR count). The van der Waals surface area contributed by atoms with Crippen molar-refractivity contribution in [2.45, 2.75) is 57.4 Å². The van der Waals surface area contributed by atoms with E-state index in [-0.39, 0.29) is 29.4 Å². The number of amides is 2. The smallest absolute Gasteiger partial charge is 0.221 e. The van der Waals surface area contributed by atoms with Crippen LogP contribution in [0.5, 0.6) is 0 Å². The van der Waals surface area contributed by atoms with Crippen LogP contribution in [0.2, 0.25) is 0 Å². The molecule has 1 aliphatic heterocycles. The molecule has 11 heteroatoms. The summed E-state index contributed by atoms with van der Waals surface area (Å²) >= 11 is 4.74. The van der Waals surface area contributed by atoms with Gasteiger partial charge in [-0.25, -0.2) is 9.97 Å². The van der Waals surface area contributed by atoms with Crippen LogP contribution in [-0.4, -0.2) is 50.9 Å². The Morgan fingerprint density at radius 2 is 1.82 bits per heavy atom. The zero-order valence-electron chi connectivity index (χ0n) is 22.7. The van der Waals surface area contributed by atoms with E-state index in [0.717, 1.165) is 18.8 Å². The van der Waals surface area contributed by atoms with E-state index in [1.165, 1.54) is 26.2 Å². The fourth-order valence-corrected chi connectivity index (χ4v) is 4.98. The first-order valence-electron chi connectivity index (χ1n) is 13.4. The molecule has 0 saturated carbocycles. The van der Waals surface area contributed by atoms with Gasteiger partial charge >= 0.3 is 0 Å². The Morgan fingerprint density at radius 1 is 1.10 bits per heavy atom. The van der Waals surface area contributed by atoms with Crippen LogP contribution >= 0.6 is 12.6 Å². The average molecular weight is 559 g/mol. The number of aromatic nitrogens is 3. The third-order valence-electron chi connectivity index (χ3n) is 6.81. The van der Waals surface area contributed by atoms with Crippen LogP contribution < -0.4 is 16.4 Å². The standard InChI is InChI=1S/C29H34N8O2S/c1-18(37-15-4-3-5-16-37)32-25(39)14-13-21-7-6-8-24(34-21)27(40)29-35-26(23(17-30)28(31)36-29)20-9-11-22(12-10-20)33-19(2)38/h6-12,18,27,40H,3-5,13-16H2,1-2H3,(H,32,39)(H,33,38)(H2,31,35,36). The molecule has 0 radical (unpaired) electrons. The van der Waals surface area contributed by atoms with Gasteiger partial charge < -0.3 is 16.4 Å². The highest BCUT2D eigenvalue weighted by atomic mass is 32.1. The fraction of sp³-hybridized carbons (Fsp3) is 0.379. The van der Waals surface area contributed by atoms with Crippen LogP contribution in [0.4, 0.5) is 11.5 Å². The maximum Gasteiger partial charge on any atom is 0.221 e. The summed E-state index contributed by atoms with van der Waals surface area (Å²) in [7, 11) is 0. The number of aryl methyl sites for hydroxylation is 1. The van der Waals surface area contributed by atoms with Gasteiger partial charge in [-0.1, -0.05) is 24.6 Å². The van der Waals surface area contributed by atoms with Crippen LogP contribution in [0.15, 0.2) is 42.5 Å². The molecule has 0 aliphatic carbocycles. The lowest BCUT2D eigenvalue weighted by molar-refractivity contribution is -0.123. The number of carbonyl (C=O) groups excluding carboxylic acids is 2. The molecule has 1 aliphatic rings. The number of likely N-dealkylation sites (tertiary alicyclic amines) is 1.